The minimum absolute atomic E-state index is 0.347. The number of carbonyl (C=O) groups is 1. The molecule has 0 radical (unpaired) electrons. The Balaban J connectivity index is 2.11. The second-order valence-corrected chi connectivity index (χ2v) is 4.73. The maximum Gasteiger partial charge on any atom is 0.340 e. The summed E-state index contributed by atoms with van der Waals surface area (Å²) >= 11 is 0. The Bertz CT molecular complexity index is 467. The zero-order chi connectivity index (χ0) is 13.8. The van der Waals surface area contributed by atoms with Crippen molar-refractivity contribution < 1.29 is 19.0 Å². The Hall–Kier alpha value is -1.75. The van der Waals surface area contributed by atoms with Gasteiger partial charge < -0.3 is 19.9 Å². The van der Waals surface area contributed by atoms with Crippen LogP contribution in [0.4, 0.5) is 5.69 Å². The molecular formula is C14H19NO4. The summed E-state index contributed by atoms with van der Waals surface area (Å²) in [7, 11) is 1.33. The van der Waals surface area contributed by atoms with Crippen LogP contribution in [-0.2, 0) is 9.47 Å². The predicted molar refractivity (Wildman–Crippen MR) is 71.4 cm³/mol. The van der Waals surface area contributed by atoms with Crippen LogP contribution >= 0.6 is 0 Å². The second kappa shape index (κ2) is 5.93. The van der Waals surface area contributed by atoms with Crippen molar-refractivity contribution in [2.75, 3.05) is 32.7 Å². The van der Waals surface area contributed by atoms with Crippen LogP contribution in [0.3, 0.4) is 0 Å². The molecule has 19 heavy (non-hydrogen) atoms. The third-order valence-corrected chi connectivity index (χ3v) is 3.28. The van der Waals surface area contributed by atoms with E-state index in [1.807, 2.05) is 13.0 Å². The maximum atomic E-state index is 11.6. The number of methoxy groups -OCH3 is 1. The van der Waals surface area contributed by atoms with Crippen LogP contribution in [0.25, 0.3) is 0 Å². The first kappa shape index (κ1) is 13.7. The largest absolute Gasteiger partial charge is 0.493 e. The van der Waals surface area contributed by atoms with E-state index in [1.54, 1.807) is 6.07 Å². The average Bonchev–Trinajstić information content (AvgIpc) is 2.92. The summed E-state index contributed by atoms with van der Waals surface area (Å²) in [6.45, 7) is 3.96. The normalized spacial score (nSPS) is 18.3. The fourth-order valence-electron chi connectivity index (χ4n) is 2.06. The van der Waals surface area contributed by atoms with E-state index in [2.05, 4.69) is 0 Å². The third kappa shape index (κ3) is 3.17. The van der Waals surface area contributed by atoms with Crippen LogP contribution in [0.5, 0.6) is 5.75 Å². The van der Waals surface area contributed by atoms with Gasteiger partial charge in [0.2, 0.25) is 0 Å². The summed E-state index contributed by atoms with van der Waals surface area (Å²) < 4.78 is 15.7. The SMILES string of the molecule is COC(=O)c1cc(OCC2CCOC2)cc(C)c1N. The van der Waals surface area contributed by atoms with Crippen LogP contribution in [0, 0.1) is 12.8 Å². The van der Waals surface area contributed by atoms with E-state index in [-0.39, 0.29) is 0 Å². The van der Waals surface area contributed by atoms with Gasteiger partial charge in [0.1, 0.15) is 5.75 Å². The molecule has 1 aliphatic heterocycles. The standard InChI is InChI=1S/C14H19NO4/c1-9-5-11(19-8-10-3-4-18-7-10)6-12(13(9)15)14(16)17-2/h5-6,10H,3-4,7-8,15H2,1-2H3. The fourth-order valence-corrected chi connectivity index (χ4v) is 2.06. The molecule has 1 heterocycles. The molecule has 5 heteroatoms. The van der Waals surface area contributed by atoms with Crippen LogP contribution in [-0.4, -0.2) is 32.9 Å². The summed E-state index contributed by atoms with van der Waals surface area (Å²) in [5.41, 5.74) is 7.46. The van der Waals surface area contributed by atoms with Gasteiger partial charge in [0, 0.05) is 18.2 Å². The van der Waals surface area contributed by atoms with Crippen molar-refractivity contribution >= 4 is 11.7 Å². The molecule has 2 N–H and O–H groups in total. The van der Waals surface area contributed by atoms with E-state index in [0.717, 1.165) is 25.2 Å². The lowest BCUT2D eigenvalue weighted by Crippen LogP contribution is -2.13. The van der Waals surface area contributed by atoms with Crippen molar-refractivity contribution in [1.29, 1.82) is 0 Å². The molecule has 1 unspecified atom stereocenters. The Morgan fingerprint density at radius 3 is 2.95 bits per heavy atom. The Kier molecular flexibility index (Phi) is 4.27. The highest BCUT2D eigenvalue weighted by Crippen LogP contribution is 2.26. The molecule has 0 aromatic heterocycles. The van der Waals surface area contributed by atoms with E-state index >= 15 is 0 Å². The van der Waals surface area contributed by atoms with E-state index in [4.69, 9.17) is 19.9 Å². The van der Waals surface area contributed by atoms with Gasteiger partial charge >= 0.3 is 5.97 Å². The first-order chi connectivity index (χ1) is 9.11. The van der Waals surface area contributed by atoms with Gasteiger partial charge in [-0.15, -0.1) is 0 Å². The molecule has 0 saturated carbocycles. The number of hydrogen-bond donors (Lipinski definition) is 1. The fraction of sp³-hybridized carbons (Fsp3) is 0.500. The molecule has 1 aliphatic rings. The average molecular weight is 265 g/mol. The number of rotatable bonds is 4. The number of aryl methyl sites for hydroxylation is 1. The summed E-state index contributed by atoms with van der Waals surface area (Å²) in [6.07, 6.45) is 1.01. The van der Waals surface area contributed by atoms with Crippen molar-refractivity contribution in [3.63, 3.8) is 0 Å². The minimum atomic E-state index is -0.449. The quantitative estimate of drug-likeness (QED) is 0.663. The summed E-state index contributed by atoms with van der Waals surface area (Å²) in [6, 6.07) is 3.46. The lowest BCUT2D eigenvalue weighted by molar-refractivity contribution is 0.0601. The Morgan fingerprint density at radius 1 is 1.53 bits per heavy atom. The predicted octanol–water partition coefficient (Wildman–Crippen LogP) is 1.78. The van der Waals surface area contributed by atoms with Gasteiger partial charge in [-0.3, -0.25) is 0 Å². The molecule has 0 amide bonds. The third-order valence-electron chi connectivity index (χ3n) is 3.28. The molecule has 1 saturated heterocycles. The minimum Gasteiger partial charge on any atom is -0.493 e. The molecular weight excluding hydrogens is 246 g/mol. The topological polar surface area (TPSA) is 70.8 Å². The van der Waals surface area contributed by atoms with E-state index in [9.17, 15) is 4.79 Å². The highest BCUT2D eigenvalue weighted by molar-refractivity contribution is 5.96. The summed E-state index contributed by atoms with van der Waals surface area (Å²) in [5.74, 6) is 0.605. The van der Waals surface area contributed by atoms with Gasteiger partial charge in [-0.2, -0.15) is 0 Å². The number of nitrogens with two attached hydrogens (primary N) is 1. The van der Waals surface area contributed by atoms with Crippen molar-refractivity contribution in [3.05, 3.63) is 23.3 Å². The zero-order valence-electron chi connectivity index (χ0n) is 11.3. The number of esters is 1. The molecule has 2 rings (SSSR count). The van der Waals surface area contributed by atoms with E-state index in [0.29, 0.717) is 29.5 Å². The van der Waals surface area contributed by atoms with Crippen molar-refractivity contribution in [1.82, 2.24) is 0 Å². The van der Waals surface area contributed by atoms with Gasteiger partial charge in [-0.25, -0.2) is 4.79 Å². The van der Waals surface area contributed by atoms with Gasteiger partial charge in [-0.05, 0) is 31.0 Å². The van der Waals surface area contributed by atoms with Gasteiger partial charge in [0.05, 0.1) is 25.9 Å². The monoisotopic (exact) mass is 265 g/mol. The molecule has 1 atom stereocenters. The molecule has 104 valence electrons. The summed E-state index contributed by atoms with van der Waals surface area (Å²) in [5, 5.41) is 0. The second-order valence-electron chi connectivity index (χ2n) is 4.73. The maximum absolute atomic E-state index is 11.6. The van der Waals surface area contributed by atoms with Crippen LogP contribution < -0.4 is 10.5 Å². The smallest absolute Gasteiger partial charge is 0.340 e. The lowest BCUT2D eigenvalue weighted by atomic mass is 10.1. The van der Waals surface area contributed by atoms with Crippen molar-refractivity contribution in [3.8, 4) is 5.75 Å². The van der Waals surface area contributed by atoms with Crippen LogP contribution in [0.2, 0.25) is 0 Å². The van der Waals surface area contributed by atoms with Gasteiger partial charge in [0.15, 0.2) is 0 Å². The van der Waals surface area contributed by atoms with Crippen LogP contribution in [0.15, 0.2) is 12.1 Å². The van der Waals surface area contributed by atoms with Gasteiger partial charge in [0.25, 0.3) is 0 Å². The molecule has 0 aliphatic carbocycles. The van der Waals surface area contributed by atoms with Crippen molar-refractivity contribution in [2.24, 2.45) is 5.92 Å². The van der Waals surface area contributed by atoms with Crippen LogP contribution in [0.1, 0.15) is 22.3 Å². The van der Waals surface area contributed by atoms with E-state index in [1.165, 1.54) is 7.11 Å². The number of hydrogen-bond acceptors (Lipinski definition) is 5. The highest BCUT2D eigenvalue weighted by Gasteiger charge is 2.18. The van der Waals surface area contributed by atoms with E-state index < -0.39 is 5.97 Å². The first-order valence-electron chi connectivity index (χ1n) is 6.30. The van der Waals surface area contributed by atoms with Crippen molar-refractivity contribution in [2.45, 2.75) is 13.3 Å². The molecule has 5 nitrogen and oxygen atoms in total. The molecule has 1 aromatic carbocycles. The first-order valence-corrected chi connectivity index (χ1v) is 6.30. The zero-order valence-corrected chi connectivity index (χ0v) is 11.3. The Labute approximate surface area is 112 Å². The number of anilines is 1. The number of carbonyl (C=O) groups excluding carboxylic acids is 1. The Morgan fingerprint density at radius 2 is 2.32 bits per heavy atom. The highest BCUT2D eigenvalue weighted by atomic mass is 16.5. The molecule has 1 fully saturated rings. The molecule has 0 spiro atoms. The summed E-state index contributed by atoms with van der Waals surface area (Å²) in [4.78, 5) is 11.6. The van der Waals surface area contributed by atoms with Gasteiger partial charge in [-0.1, -0.05) is 0 Å². The number of nitrogen functional groups attached to an aromatic ring is 1. The number of ether oxygens (including phenoxy) is 3. The molecule has 0 bridgehead atoms. The number of benzene rings is 1. The molecule has 1 aromatic rings. The lowest BCUT2D eigenvalue weighted by Gasteiger charge is -2.13.